The fraction of sp³-hybridized carbons (Fsp3) is 0.333. The second-order valence-corrected chi connectivity index (χ2v) is 5.72. The number of hydrogen-bond acceptors (Lipinski definition) is 3. The summed E-state index contributed by atoms with van der Waals surface area (Å²) in [6.07, 6.45) is 4.77. The Bertz CT molecular complexity index is 681. The van der Waals surface area contributed by atoms with E-state index in [1.54, 1.807) is 18.2 Å². The quantitative estimate of drug-likeness (QED) is 0.936. The maximum absolute atomic E-state index is 13.6. The first-order valence-electron chi connectivity index (χ1n) is 8.02. The zero-order chi connectivity index (χ0) is 16.1. The molecule has 5 heteroatoms. The Hall–Kier alpha value is -2.43. The molecule has 2 aromatic rings. The van der Waals surface area contributed by atoms with Crippen LogP contribution < -0.4 is 10.2 Å². The molecule has 1 aliphatic heterocycles. The molecule has 0 saturated carbocycles. The minimum atomic E-state index is -0.454. The topological polar surface area (TPSA) is 45.2 Å². The highest BCUT2D eigenvalue weighted by Crippen LogP contribution is 2.19. The van der Waals surface area contributed by atoms with Gasteiger partial charge in [-0.25, -0.2) is 9.37 Å². The van der Waals surface area contributed by atoms with Crippen LogP contribution in [0.15, 0.2) is 42.5 Å². The number of aromatic nitrogens is 1. The van der Waals surface area contributed by atoms with Crippen LogP contribution in [0.2, 0.25) is 0 Å². The molecule has 0 unspecified atom stereocenters. The number of amides is 1. The molecule has 0 aliphatic carbocycles. The number of carbonyl (C=O) groups excluding carboxylic acids is 1. The van der Waals surface area contributed by atoms with Gasteiger partial charge in [-0.1, -0.05) is 31.0 Å². The van der Waals surface area contributed by atoms with Gasteiger partial charge in [0, 0.05) is 13.1 Å². The Morgan fingerprint density at radius 2 is 1.74 bits per heavy atom. The summed E-state index contributed by atoms with van der Waals surface area (Å²) >= 11 is 0. The van der Waals surface area contributed by atoms with Crippen molar-refractivity contribution in [1.82, 2.24) is 4.98 Å². The summed E-state index contributed by atoms with van der Waals surface area (Å²) in [5.41, 5.74) is 0.467. The number of rotatable bonds is 3. The van der Waals surface area contributed by atoms with Crippen LogP contribution in [0, 0.1) is 5.82 Å². The molecule has 4 nitrogen and oxygen atoms in total. The van der Waals surface area contributed by atoms with Crippen molar-refractivity contribution in [3.8, 4) is 0 Å². The average Bonchev–Trinajstić information content (AvgIpc) is 2.86. The minimum absolute atomic E-state index is 0.166. The Labute approximate surface area is 135 Å². The Kier molecular flexibility index (Phi) is 4.86. The van der Waals surface area contributed by atoms with Crippen molar-refractivity contribution in [2.45, 2.75) is 25.7 Å². The highest BCUT2D eigenvalue weighted by molar-refractivity contribution is 6.03. The molecule has 1 aliphatic rings. The minimum Gasteiger partial charge on any atom is -0.357 e. The normalized spacial score (nSPS) is 15.1. The van der Waals surface area contributed by atoms with Crippen LogP contribution in [0.5, 0.6) is 0 Å². The fourth-order valence-electron chi connectivity index (χ4n) is 2.77. The first-order valence-corrected chi connectivity index (χ1v) is 8.02. The molecule has 1 aromatic heterocycles. The zero-order valence-electron chi connectivity index (χ0n) is 13.0. The number of nitrogens with one attached hydrogen (secondary N) is 1. The van der Waals surface area contributed by atoms with Crippen molar-refractivity contribution < 1.29 is 9.18 Å². The molecule has 120 valence electrons. The van der Waals surface area contributed by atoms with E-state index in [0.29, 0.717) is 5.69 Å². The van der Waals surface area contributed by atoms with Gasteiger partial charge in [0.25, 0.3) is 5.91 Å². The lowest BCUT2D eigenvalue weighted by Crippen LogP contribution is -2.26. The highest BCUT2D eigenvalue weighted by Gasteiger charge is 2.14. The summed E-state index contributed by atoms with van der Waals surface area (Å²) in [5, 5.41) is 2.57. The number of nitrogens with zero attached hydrogens (tertiary/aromatic N) is 2. The van der Waals surface area contributed by atoms with Crippen molar-refractivity contribution in [2.24, 2.45) is 0 Å². The van der Waals surface area contributed by atoms with Gasteiger partial charge in [0.1, 0.15) is 17.3 Å². The number of halogens is 1. The van der Waals surface area contributed by atoms with Gasteiger partial charge in [-0.3, -0.25) is 4.79 Å². The number of pyridine rings is 1. The molecular formula is C18H20FN3O. The lowest BCUT2D eigenvalue weighted by atomic mass is 10.2. The molecule has 1 saturated heterocycles. The maximum atomic E-state index is 13.6. The Morgan fingerprint density at radius 3 is 2.48 bits per heavy atom. The predicted octanol–water partition coefficient (Wildman–Crippen LogP) is 3.85. The number of carbonyl (C=O) groups is 1. The van der Waals surface area contributed by atoms with E-state index in [9.17, 15) is 9.18 Å². The smallest absolute Gasteiger partial charge is 0.274 e. The molecule has 1 N–H and O–H groups in total. The third kappa shape index (κ3) is 3.86. The molecule has 0 spiro atoms. The summed E-state index contributed by atoms with van der Waals surface area (Å²) in [6.45, 7) is 1.93. The van der Waals surface area contributed by atoms with E-state index in [2.05, 4.69) is 15.2 Å². The molecule has 1 amide bonds. The van der Waals surface area contributed by atoms with Crippen LogP contribution in [-0.2, 0) is 0 Å². The third-order valence-corrected chi connectivity index (χ3v) is 4.02. The van der Waals surface area contributed by atoms with Gasteiger partial charge in [-0.05, 0) is 37.1 Å². The van der Waals surface area contributed by atoms with Gasteiger partial charge in [0.15, 0.2) is 0 Å². The van der Waals surface area contributed by atoms with Gasteiger partial charge >= 0.3 is 0 Å². The Morgan fingerprint density at radius 1 is 1.00 bits per heavy atom. The van der Waals surface area contributed by atoms with Crippen molar-refractivity contribution in [2.75, 3.05) is 23.3 Å². The number of benzene rings is 1. The van der Waals surface area contributed by atoms with Crippen LogP contribution in [0.1, 0.15) is 36.2 Å². The van der Waals surface area contributed by atoms with Crippen molar-refractivity contribution in [3.63, 3.8) is 0 Å². The van der Waals surface area contributed by atoms with E-state index in [4.69, 9.17) is 0 Å². The zero-order valence-corrected chi connectivity index (χ0v) is 13.0. The summed E-state index contributed by atoms with van der Waals surface area (Å²) < 4.78 is 13.6. The lowest BCUT2D eigenvalue weighted by Gasteiger charge is -2.21. The number of anilines is 2. The second-order valence-electron chi connectivity index (χ2n) is 5.72. The molecular weight excluding hydrogens is 293 g/mol. The highest BCUT2D eigenvalue weighted by atomic mass is 19.1. The molecule has 0 radical (unpaired) electrons. The van der Waals surface area contributed by atoms with Crippen LogP contribution in [0.3, 0.4) is 0 Å². The van der Waals surface area contributed by atoms with Gasteiger partial charge in [0.2, 0.25) is 0 Å². The molecule has 0 atom stereocenters. The SMILES string of the molecule is O=C(Nc1ccccc1F)c1cccc(N2CCCCCC2)n1. The van der Waals surface area contributed by atoms with Gasteiger partial charge in [-0.2, -0.15) is 0 Å². The molecule has 2 heterocycles. The Balaban J connectivity index is 1.76. The van der Waals surface area contributed by atoms with Crippen LogP contribution in [-0.4, -0.2) is 24.0 Å². The van der Waals surface area contributed by atoms with Gasteiger partial charge in [-0.15, -0.1) is 0 Å². The van der Waals surface area contributed by atoms with Crippen LogP contribution in [0.4, 0.5) is 15.9 Å². The summed E-state index contributed by atoms with van der Waals surface area (Å²) in [4.78, 5) is 19.0. The van der Waals surface area contributed by atoms with Gasteiger partial charge < -0.3 is 10.2 Å². The monoisotopic (exact) mass is 313 g/mol. The number of para-hydroxylation sites is 1. The van der Waals surface area contributed by atoms with Crippen molar-refractivity contribution in [3.05, 3.63) is 54.0 Å². The van der Waals surface area contributed by atoms with Crippen LogP contribution >= 0.6 is 0 Å². The largest absolute Gasteiger partial charge is 0.357 e. The average molecular weight is 313 g/mol. The summed E-state index contributed by atoms with van der Waals surface area (Å²) in [7, 11) is 0. The third-order valence-electron chi connectivity index (χ3n) is 4.02. The van der Waals surface area contributed by atoms with Crippen molar-refractivity contribution in [1.29, 1.82) is 0 Å². The second kappa shape index (κ2) is 7.22. The standard InChI is InChI=1S/C18H20FN3O/c19-14-8-3-4-9-15(14)21-18(23)16-10-7-11-17(20-16)22-12-5-1-2-6-13-22/h3-4,7-11H,1-2,5-6,12-13H2,(H,21,23). The van der Waals surface area contributed by atoms with Gasteiger partial charge in [0.05, 0.1) is 5.69 Å². The molecule has 0 bridgehead atoms. The fourth-order valence-corrected chi connectivity index (χ4v) is 2.77. The van der Waals surface area contributed by atoms with E-state index in [1.807, 2.05) is 12.1 Å². The summed E-state index contributed by atoms with van der Waals surface area (Å²) in [5.74, 6) is -0.0376. The first kappa shape index (κ1) is 15.5. The molecule has 3 rings (SSSR count). The first-order chi connectivity index (χ1) is 11.2. The molecule has 1 fully saturated rings. The lowest BCUT2D eigenvalue weighted by molar-refractivity contribution is 0.102. The van der Waals surface area contributed by atoms with E-state index in [-0.39, 0.29) is 5.69 Å². The molecule has 1 aromatic carbocycles. The van der Waals surface area contributed by atoms with E-state index >= 15 is 0 Å². The van der Waals surface area contributed by atoms with Crippen LogP contribution in [0.25, 0.3) is 0 Å². The van der Waals surface area contributed by atoms with E-state index < -0.39 is 11.7 Å². The van der Waals surface area contributed by atoms with E-state index in [0.717, 1.165) is 31.7 Å². The number of hydrogen-bond donors (Lipinski definition) is 1. The summed E-state index contributed by atoms with van der Waals surface area (Å²) in [6, 6.07) is 11.5. The van der Waals surface area contributed by atoms with E-state index in [1.165, 1.54) is 25.0 Å². The predicted molar refractivity (Wildman–Crippen MR) is 89.3 cm³/mol. The van der Waals surface area contributed by atoms with Crippen molar-refractivity contribution >= 4 is 17.4 Å². The molecule has 23 heavy (non-hydrogen) atoms. The maximum Gasteiger partial charge on any atom is 0.274 e.